The van der Waals surface area contributed by atoms with Gasteiger partial charge in [0.1, 0.15) is 0 Å². The molecule has 81 valence electrons. The molecule has 15 heavy (non-hydrogen) atoms. The molecule has 0 amide bonds. The second kappa shape index (κ2) is 12.7. The van der Waals surface area contributed by atoms with Crippen LogP contribution in [0.2, 0.25) is 0 Å². The predicted molar refractivity (Wildman–Crippen MR) is 70.6 cm³/mol. The van der Waals surface area contributed by atoms with E-state index in [0.717, 1.165) is 12.8 Å². The van der Waals surface area contributed by atoms with Crippen LogP contribution in [0.3, 0.4) is 0 Å². The van der Waals surface area contributed by atoms with E-state index in [4.69, 9.17) is 0 Å². The summed E-state index contributed by atoms with van der Waals surface area (Å²) >= 11 is 0. The Morgan fingerprint density at radius 2 is 1.20 bits per heavy atom. The average molecular weight is 201 g/mol. The number of rotatable bonds is 7. The van der Waals surface area contributed by atoms with Crippen LogP contribution in [0.5, 0.6) is 0 Å². The SMILES string of the molecule is [CH2]CC=CC=CC=CC=CC=CCCC. The van der Waals surface area contributed by atoms with E-state index in [0.29, 0.717) is 0 Å². The monoisotopic (exact) mass is 201 g/mol. The van der Waals surface area contributed by atoms with Crippen LogP contribution in [-0.4, -0.2) is 0 Å². The zero-order valence-electron chi connectivity index (χ0n) is 9.60. The summed E-state index contributed by atoms with van der Waals surface area (Å²) in [5, 5.41) is 0. The van der Waals surface area contributed by atoms with Crippen molar-refractivity contribution in [3.8, 4) is 0 Å². The van der Waals surface area contributed by atoms with Gasteiger partial charge in [0.25, 0.3) is 0 Å². The smallest absolute Gasteiger partial charge is 0.0347 e. The standard InChI is InChI=1S/C15H21/c1-3-5-7-9-11-13-15-14-12-10-8-6-4-2/h5,7-15H,1,3-4,6H2,2H3. The fourth-order valence-corrected chi connectivity index (χ4v) is 0.901. The number of hydrogen-bond acceptors (Lipinski definition) is 0. The maximum Gasteiger partial charge on any atom is -0.0347 e. The van der Waals surface area contributed by atoms with Crippen LogP contribution in [-0.2, 0) is 0 Å². The first-order valence-electron chi connectivity index (χ1n) is 5.52. The predicted octanol–water partition coefficient (Wildman–Crippen LogP) is 4.79. The third-order valence-electron chi connectivity index (χ3n) is 1.67. The zero-order valence-corrected chi connectivity index (χ0v) is 9.60. The first kappa shape index (κ1) is 13.7. The highest BCUT2D eigenvalue weighted by molar-refractivity contribution is 5.17. The van der Waals surface area contributed by atoms with Gasteiger partial charge in [-0.2, -0.15) is 0 Å². The molecule has 0 aliphatic rings. The van der Waals surface area contributed by atoms with Gasteiger partial charge >= 0.3 is 0 Å². The fourth-order valence-electron chi connectivity index (χ4n) is 0.901. The van der Waals surface area contributed by atoms with Crippen molar-refractivity contribution in [3.05, 3.63) is 67.7 Å². The van der Waals surface area contributed by atoms with E-state index in [9.17, 15) is 0 Å². The molecule has 0 heterocycles. The third kappa shape index (κ3) is 12.7. The van der Waals surface area contributed by atoms with E-state index in [2.05, 4.69) is 26.0 Å². The minimum absolute atomic E-state index is 0.843. The van der Waals surface area contributed by atoms with E-state index >= 15 is 0 Å². The van der Waals surface area contributed by atoms with E-state index in [1.165, 1.54) is 6.42 Å². The first-order chi connectivity index (χ1) is 7.41. The number of hydrogen-bond donors (Lipinski definition) is 0. The topological polar surface area (TPSA) is 0 Å². The van der Waals surface area contributed by atoms with E-state index in [1.807, 2.05) is 48.6 Å². The van der Waals surface area contributed by atoms with Gasteiger partial charge < -0.3 is 0 Å². The molecule has 1 radical (unpaired) electrons. The number of unbranched alkanes of at least 4 members (excludes halogenated alkanes) is 1. The van der Waals surface area contributed by atoms with Crippen molar-refractivity contribution in [2.75, 3.05) is 0 Å². The van der Waals surface area contributed by atoms with Crippen LogP contribution < -0.4 is 0 Å². The normalized spacial score (nSPS) is 13.5. The molecule has 0 aliphatic carbocycles. The average Bonchev–Trinajstić information content (AvgIpc) is 2.26. The van der Waals surface area contributed by atoms with Crippen molar-refractivity contribution in [1.82, 2.24) is 0 Å². The lowest BCUT2D eigenvalue weighted by molar-refractivity contribution is 0.959. The van der Waals surface area contributed by atoms with Gasteiger partial charge in [-0.25, -0.2) is 0 Å². The lowest BCUT2D eigenvalue weighted by Gasteiger charge is -1.79. The van der Waals surface area contributed by atoms with Crippen LogP contribution in [0.4, 0.5) is 0 Å². The molecular weight excluding hydrogens is 180 g/mol. The summed E-state index contributed by atoms with van der Waals surface area (Å²) in [4.78, 5) is 0. The summed E-state index contributed by atoms with van der Waals surface area (Å²) in [6.45, 7) is 5.89. The minimum Gasteiger partial charge on any atom is -0.0845 e. The van der Waals surface area contributed by atoms with Crippen molar-refractivity contribution >= 4 is 0 Å². The van der Waals surface area contributed by atoms with Crippen LogP contribution in [0.1, 0.15) is 26.2 Å². The molecule has 0 aromatic heterocycles. The molecule has 0 nitrogen and oxygen atoms in total. The van der Waals surface area contributed by atoms with Crippen molar-refractivity contribution in [2.45, 2.75) is 26.2 Å². The minimum atomic E-state index is 0.843. The molecule has 0 aliphatic heterocycles. The van der Waals surface area contributed by atoms with Crippen LogP contribution in [0.25, 0.3) is 0 Å². The molecule has 0 aromatic carbocycles. The Morgan fingerprint density at radius 1 is 0.733 bits per heavy atom. The molecule has 0 N–H and O–H groups in total. The molecular formula is C15H21. The Bertz CT molecular complexity index is 249. The van der Waals surface area contributed by atoms with Gasteiger partial charge in [-0.05, 0) is 19.8 Å². The summed E-state index contributed by atoms with van der Waals surface area (Å²) in [5.41, 5.74) is 0. The lowest BCUT2D eigenvalue weighted by atomic mass is 10.3. The molecule has 0 unspecified atom stereocenters. The Kier molecular flexibility index (Phi) is 11.6. The van der Waals surface area contributed by atoms with Crippen LogP contribution >= 0.6 is 0 Å². The highest BCUT2D eigenvalue weighted by atomic mass is 13.8. The summed E-state index contributed by atoms with van der Waals surface area (Å²) in [5.74, 6) is 0. The van der Waals surface area contributed by atoms with Gasteiger partial charge in [-0.3, -0.25) is 0 Å². The molecule has 0 saturated carbocycles. The Labute approximate surface area is 94.4 Å². The molecule has 0 rings (SSSR count). The van der Waals surface area contributed by atoms with E-state index in [-0.39, 0.29) is 0 Å². The van der Waals surface area contributed by atoms with Gasteiger partial charge in [-0.1, -0.05) is 74.1 Å². The van der Waals surface area contributed by atoms with Gasteiger partial charge in [0, 0.05) is 0 Å². The fraction of sp³-hybridized carbons (Fsp3) is 0.267. The van der Waals surface area contributed by atoms with E-state index in [1.54, 1.807) is 0 Å². The summed E-state index contributed by atoms with van der Waals surface area (Å²) in [6.07, 6.45) is 23.6. The maximum atomic E-state index is 3.71. The molecule has 0 bridgehead atoms. The van der Waals surface area contributed by atoms with Crippen molar-refractivity contribution < 1.29 is 0 Å². The Hall–Kier alpha value is -1.30. The Balaban J connectivity index is 3.61. The summed E-state index contributed by atoms with van der Waals surface area (Å²) < 4.78 is 0. The third-order valence-corrected chi connectivity index (χ3v) is 1.67. The van der Waals surface area contributed by atoms with Crippen LogP contribution in [0.15, 0.2) is 60.8 Å². The van der Waals surface area contributed by atoms with Crippen LogP contribution in [0, 0.1) is 6.92 Å². The molecule has 0 atom stereocenters. The van der Waals surface area contributed by atoms with Crippen molar-refractivity contribution in [1.29, 1.82) is 0 Å². The summed E-state index contributed by atoms with van der Waals surface area (Å²) in [7, 11) is 0. The molecule has 0 aromatic rings. The molecule has 0 fully saturated rings. The largest absolute Gasteiger partial charge is 0.0845 e. The highest BCUT2D eigenvalue weighted by Gasteiger charge is 1.68. The Morgan fingerprint density at radius 3 is 1.67 bits per heavy atom. The second-order valence-corrected chi connectivity index (χ2v) is 3.09. The number of allylic oxidation sites excluding steroid dienone is 10. The van der Waals surface area contributed by atoms with Gasteiger partial charge in [0.15, 0.2) is 0 Å². The second-order valence-electron chi connectivity index (χ2n) is 3.09. The van der Waals surface area contributed by atoms with Crippen molar-refractivity contribution in [2.24, 2.45) is 0 Å². The van der Waals surface area contributed by atoms with Gasteiger partial charge in [0.05, 0.1) is 0 Å². The van der Waals surface area contributed by atoms with Crippen molar-refractivity contribution in [3.63, 3.8) is 0 Å². The first-order valence-corrected chi connectivity index (χ1v) is 5.52. The maximum absolute atomic E-state index is 3.71. The summed E-state index contributed by atoms with van der Waals surface area (Å²) in [6, 6.07) is 0. The molecule has 0 heteroatoms. The zero-order chi connectivity index (χ0) is 11.2. The van der Waals surface area contributed by atoms with E-state index < -0.39 is 0 Å². The molecule has 0 saturated heterocycles. The molecule has 0 spiro atoms. The highest BCUT2D eigenvalue weighted by Crippen LogP contribution is 1.89. The lowest BCUT2D eigenvalue weighted by Crippen LogP contribution is -1.58. The quantitative estimate of drug-likeness (QED) is 0.519. The van der Waals surface area contributed by atoms with Gasteiger partial charge in [-0.15, -0.1) is 0 Å². The van der Waals surface area contributed by atoms with Gasteiger partial charge in [0.2, 0.25) is 0 Å².